The number of hydrogen-bond donors (Lipinski definition) is 0. The van der Waals surface area contributed by atoms with Gasteiger partial charge in [0.05, 0.1) is 0 Å². The molecule has 4 rings (SSSR count). The van der Waals surface area contributed by atoms with Crippen LogP contribution in [0.2, 0.25) is 0 Å². The summed E-state index contributed by atoms with van der Waals surface area (Å²) >= 11 is 0. The second kappa shape index (κ2) is 6.15. The lowest BCUT2D eigenvalue weighted by atomic mass is 9.92. The largest absolute Gasteiger partial charge is 0.619 e. The molecule has 0 unspecified atom stereocenters. The molecule has 0 atom stereocenters. The summed E-state index contributed by atoms with van der Waals surface area (Å²) in [6.45, 7) is 3.60. The van der Waals surface area contributed by atoms with Crippen molar-refractivity contribution in [2.75, 3.05) is 0 Å². The Bertz CT molecular complexity index is 1050. The van der Waals surface area contributed by atoms with E-state index in [0.29, 0.717) is 11.4 Å². The van der Waals surface area contributed by atoms with E-state index in [1.807, 2.05) is 36.4 Å². The van der Waals surface area contributed by atoms with Crippen molar-refractivity contribution in [2.24, 2.45) is 0 Å². The highest BCUT2D eigenvalue weighted by Gasteiger charge is 2.13. The lowest BCUT2D eigenvalue weighted by Crippen LogP contribution is -2.28. The van der Waals surface area contributed by atoms with Crippen molar-refractivity contribution in [1.82, 2.24) is 0 Å². The van der Waals surface area contributed by atoms with Crippen LogP contribution >= 0.6 is 0 Å². The molecule has 26 heavy (non-hydrogen) atoms. The minimum Gasteiger partial charge on any atom is -0.619 e. The highest BCUT2D eigenvalue weighted by molar-refractivity contribution is 6.06. The molecule has 0 saturated heterocycles. The molecule has 0 fully saturated rings. The fourth-order valence-electron chi connectivity index (χ4n) is 3.36. The van der Waals surface area contributed by atoms with Gasteiger partial charge in [-0.1, -0.05) is 36.4 Å². The van der Waals surface area contributed by atoms with Gasteiger partial charge in [-0.05, 0) is 33.0 Å². The molecule has 4 aromatic rings. The SMILES string of the molecule is Cc1cc(-c2cccc3cccc(-c4cc[n+]([O-])c(C)c4)c23)cc[n+]1[O-]. The number of rotatable bonds is 2. The molecule has 0 amide bonds. The fraction of sp³-hybridized carbons (Fsp3) is 0.0909. The third-order valence-corrected chi connectivity index (χ3v) is 4.73. The van der Waals surface area contributed by atoms with Gasteiger partial charge in [0.2, 0.25) is 0 Å². The summed E-state index contributed by atoms with van der Waals surface area (Å²) in [7, 11) is 0. The third kappa shape index (κ3) is 2.65. The van der Waals surface area contributed by atoms with Crippen LogP contribution in [0.25, 0.3) is 33.0 Å². The molecule has 4 heteroatoms. The third-order valence-electron chi connectivity index (χ3n) is 4.73. The van der Waals surface area contributed by atoms with Crippen molar-refractivity contribution in [1.29, 1.82) is 0 Å². The molecule has 0 bridgehead atoms. The Morgan fingerprint density at radius 1 is 0.654 bits per heavy atom. The summed E-state index contributed by atoms with van der Waals surface area (Å²) in [5, 5.41) is 25.6. The van der Waals surface area contributed by atoms with Crippen molar-refractivity contribution in [3.05, 3.63) is 94.9 Å². The molecule has 0 aliphatic heterocycles. The van der Waals surface area contributed by atoms with Crippen molar-refractivity contribution >= 4 is 10.8 Å². The van der Waals surface area contributed by atoms with Gasteiger partial charge < -0.3 is 10.4 Å². The molecular formula is C22H18N2O2. The van der Waals surface area contributed by atoms with E-state index >= 15 is 0 Å². The Balaban J connectivity index is 2.03. The summed E-state index contributed by atoms with van der Waals surface area (Å²) < 4.78 is 1.73. The first kappa shape index (κ1) is 16.1. The molecule has 0 N–H and O–H groups in total. The zero-order valence-corrected chi connectivity index (χ0v) is 14.6. The number of nitrogens with zero attached hydrogens (tertiary/aromatic N) is 2. The number of benzene rings is 2. The fourth-order valence-corrected chi connectivity index (χ4v) is 3.36. The van der Waals surface area contributed by atoms with Crippen LogP contribution in [0, 0.1) is 24.3 Å². The van der Waals surface area contributed by atoms with Gasteiger partial charge in [-0.2, -0.15) is 9.46 Å². The molecule has 2 heterocycles. The van der Waals surface area contributed by atoms with Gasteiger partial charge in [0.25, 0.3) is 0 Å². The number of fused-ring (bicyclic) bond motifs is 1. The first-order valence-electron chi connectivity index (χ1n) is 8.47. The van der Waals surface area contributed by atoms with Gasteiger partial charge in [-0.15, -0.1) is 0 Å². The first-order chi connectivity index (χ1) is 12.5. The molecule has 0 spiro atoms. The van der Waals surface area contributed by atoms with Gasteiger partial charge in [0.15, 0.2) is 23.8 Å². The van der Waals surface area contributed by atoms with E-state index in [0.717, 1.165) is 42.5 Å². The highest BCUT2D eigenvalue weighted by atomic mass is 16.5. The first-order valence-corrected chi connectivity index (χ1v) is 8.47. The molecule has 2 aromatic carbocycles. The van der Waals surface area contributed by atoms with E-state index < -0.39 is 0 Å². The summed E-state index contributed by atoms with van der Waals surface area (Å²) in [4.78, 5) is 0. The quantitative estimate of drug-likeness (QED) is 0.407. The van der Waals surface area contributed by atoms with E-state index in [1.54, 1.807) is 26.2 Å². The van der Waals surface area contributed by atoms with E-state index in [9.17, 15) is 10.4 Å². The number of hydrogen-bond acceptors (Lipinski definition) is 2. The molecule has 128 valence electrons. The highest BCUT2D eigenvalue weighted by Crippen LogP contribution is 2.36. The minimum atomic E-state index is 0.653. The molecule has 0 saturated carbocycles. The zero-order valence-electron chi connectivity index (χ0n) is 14.6. The van der Waals surface area contributed by atoms with E-state index in [-0.39, 0.29) is 0 Å². The standard InChI is InChI=1S/C22H18N2O2/c1-15-13-18(9-11-23(15)25)20-7-3-5-17-6-4-8-21(22(17)20)19-10-12-24(26)16(2)14-19/h3-14H,1-2H3. The van der Waals surface area contributed by atoms with E-state index in [4.69, 9.17) is 0 Å². The van der Waals surface area contributed by atoms with Crippen LogP contribution < -0.4 is 9.46 Å². The maximum Gasteiger partial charge on any atom is 0.190 e. The second-order valence-electron chi connectivity index (χ2n) is 6.47. The van der Waals surface area contributed by atoms with Crippen LogP contribution in [0.4, 0.5) is 0 Å². The van der Waals surface area contributed by atoms with Crippen molar-refractivity contribution < 1.29 is 9.46 Å². The van der Waals surface area contributed by atoms with Gasteiger partial charge in [0, 0.05) is 38.1 Å². The smallest absolute Gasteiger partial charge is 0.190 e. The van der Waals surface area contributed by atoms with Crippen LogP contribution in [0.5, 0.6) is 0 Å². The lowest BCUT2D eigenvalue weighted by molar-refractivity contribution is -0.612. The molecule has 0 aliphatic carbocycles. The number of pyridine rings is 2. The lowest BCUT2D eigenvalue weighted by Gasteiger charge is -2.13. The van der Waals surface area contributed by atoms with E-state index in [2.05, 4.69) is 24.3 Å². The Morgan fingerprint density at radius 2 is 1.12 bits per heavy atom. The summed E-state index contributed by atoms with van der Waals surface area (Å²) in [5.41, 5.74) is 5.44. The van der Waals surface area contributed by atoms with Crippen molar-refractivity contribution in [3.63, 3.8) is 0 Å². The van der Waals surface area contributed by atoms with Crippen LogP contribution in [-0.2, 0) is 0 Å². The molecule has 4 nitrogen and oxygen atoms in total. The van der Waals surface area contributed by atoms with Crippen LogP contribution in [0.3, 0.4) is 0 Å². The van der Waals surface area contributed by atoms with Gasteiger partial charge >= 0.3 is 0 Å². The van der Waals surface area contributed by atoms with Crippen LogP contribution in [-0.4, -0.2) is 0 Å². The normalized spacial score (nSPS) is 11.0. The van der Waals surface area contributed by atoms with E-state index in [1.165, 1.54) is 0 Å². The molecular weight excluding hydrogens is 324 g/mol. The summed E-state index contributed by atoms with van der Waals surface area (Å²) in [5.74, 6) is 0. The van der Waals surface area contributed by atoms with Crippen molar-refractivity contribution in [2.45, 2.75) is 13.8 Å². The average molecular weight is 342 g/mol. The Labute approximate surface area is 151 Å². The number of aryl methyl sites for hydroxylation is 2. The average Bonchev–Trinajstić information content (AvgIpc) is 2.65. The summed E-state index contributed by atoms with van der Waals surface area (Å²) in [6.07, 6.45) is 3.08. The number of aromatic nitrogens is 2. The Kier molecular flexibility index (Phi) is 3.81. The monoisotopic (exact) mass is 342 g/mol. The molecule has 2 aromatic heterocycles. The summed E-state index contributed by atoms with van der Waals surface area (Å²) in [6, 6.07) is 19.8. The predicted octanol–water partition coefficient (Wildman–Crippen LogP) is 4.06. The van der Waals surface area contributed by atoms with Gasteiger partial charge in [-0.25, -0.2) is 0 Å². The van der Waals surface area contributed by atoms with Gasteiger partial charge in [0.1, 0.15) is 0 Å². The second-order valence-corrected chi connectivity index (χ2v) is 6.47. The zero-order chi connectivity index (χ0) is 18.3. The van der Waals surface area contributed by atoms with Crippen LogP contribution in [0.1, 0.15) is 11.4 Å². The topological polar surface area (TPSA) is 53.9 Å². The molecule has 0 aliphatic rings. The van der Waals surface area contributed by atoms with Crippen LogP contribution in [0.15, 0.2) is 73.1 Å². The maximum atomic E-state index is 11.7. The van der Waals surface area contributed by atoms with Gasteiger partial charge in [-0.3, -0.25) is 0 Å². The maximum absolute atomic E-state index is 11.7. The molecule has 0 radical (unpaired) electrons. The minimum absolute atomic E-state index is 0.653. The Hall–Kier alpha value is -3.40. The van der Waals surface area contributed by atoms with Crippen molar-refractivity contribution in [3.8, 4) is 22.3 Å². The Morgan fingerprint density at radius 3 is 1.54 bits per heavy atom. The predicted molar refractivity (Wildman–Crippen MR) is 102 cm³/mol.